The lowest BCUT2D eigenvalue weighted by Crippen LogP contribution is -2.67. The van der Waals surface area contributed by atoms with Gasteiger partial charge in [-0.15, -0.1) is 0 Å². The molecule has 2 rings (SSSR count). The van der Waals surface area contributed by atoms with Crippen LogP contribution >= 0.6 is 0 Å². The second-order valence-corrected chi connectivity index (χ2v) is 7.08. The van der Waals surface area contributed by atoms with Crippen LogP contribution in [0.2, 0.25) is 0 Å². The number of piperidine rings is 1. The number of nitrogens with zero attached hydrogens (tertiary/aromatic N) is 1. The summed E-state index contributed by atoms with van der Waals surface area (Å²) in [4.78, 5) is 25.7. The van der Waals surface area contributed by atoms with E-state index in [1.54, 1.807) is 45.0 Å². The maximum atomic E-state index is 12.5. The number of rotatable bonds is 3. The molecule has 1 saturated heterocycles. The van der Waals surface area contributed by atoms with Crippen LogP contribution < -0.4 is 0 Å². The first-order valence-corrected chi connectivity index (χ1v) is 8.27. The predicted octanol–water partition coefficient (Wildman–Crippen LogP) is 1.81. The molecule has 1 aliphatic heterocycles. The summed E-state index contributed by atoms with van der Waals surface area (Å²) in [6.07, 6.45) is -1.70. The third-order valence-corrected chi connectivity index (χ3v) is 3.86. The third kappa shape index (κ3) is 4.49. The van der Waals surface area contributed by atoms with Crippen LogP contribution in [-0.4, -0.2) is 51.2 Å². The van der Waals surface area contributed by atoms with Gasteiger partial charge >= 0.3 is 12.1 Å². The average Bonchev–Trinajstić information content (AvgIpc) is 2.54. The lowest BCUT2D eigenvalue weighted by atomic mass is 9.95. The highest BCUT2D eigenvalue weighted by Crippen LogP contribution is 2.30. The van der Waals surface area contributed by atoms with Crippen LogP contribution in [0.4, 0.5) is 4.79 Å². The molecule has 1 aromatic rings. The Kier molecular flexibility index (Phi) is 5.69. The van der Waals surface area contributed by atoms with E-state index in [4.69, 9.17) is 9.47 Å². The van der Waals surface area contributed by atoms with Crippen LogP contribution in [-0.2, 0) is 20.9 Å². The van der Waals surface area contributed by atoms with Crippen molar-refractivity contribution < 1.29 is 29.3 Å². The summed E-state index contributed by atoms with van der Waals surface area (Å²) >= 11 is 0. The lowest BCUT2D eigenvalue weighted by molar-refractivity contribution is -0.219. The van der Waals surface area contributed by atoms with Gasteiger partial charge in [0.15, 0.2) is 0 Å². The number of aliphatic hydroxyl groups excluding tert-OH is 1. The molecule has 1 aromatic carbocycles. The van der Waals surface area contributed by atoms with Crippen LogP contribution in [0.3, 0.4) is 0 Å². The maximum Gasteiger partial charge on any atom is 0.413 e. The van der Waals surface area contributed by atoms with Crippen LogP contribution in [0.5, 0.6) is 0 Å². The van der Waals surface area contributed by atoms with E-state index in [-0.39, 0.29) is 19.6 Å². The van der Waals surface area contributed by atoms with Gasteiger partial charge in [0.25, 0.3) is 5.72 Å². The molecule has 138 valence electrons. The minimum absolute atomic E-state index is 0.0726. The van der Waals surface area contributed by atoms with Crippen molar-refractivity contribution in [1.29, 1.82) is 0 Å². The quantitative estimate of drug-likeness (QED) is 0.806. The minimum atomic E-state index is -2.46. The summed E-state index contributed by atoms with van der Waals surface area (Å²) in [5, 5.41) is 21.0. The molecule has 2 unspecified atom stereocenters. The van der Waals surface area contributed by atoms with Gasteiger partial charge in [-0.2, -0.15) is 0 Å². The van der Waals surface area contributed by atoms with Crippen molar-refractivity contribution in [2.24, 2.45) is 0 Å². The Balaban J connectivity index is 2.16. The van der Waals surface area contributed by atoms with Crippen molar-refractivity contribution in [2.75, 3.05) is 6.54 Å². The van der Waals surface area contributed by atoms with E-state index in [1.807, 2.05) is 6.07 Å². The predicted molar refractivity (Wildman–Crippen MR) is 89.4 cm³/mol. The van der Waals surface area contributed by atoms with Crippen molar-refractivity contribution in [3.63, 3.8) is 0 Å². The van der Waals surface area contributed by atoms with E-state index < -0.39 is 29.5 Å². The van der Waals surface area contributed by atoms with Crippen molar-refractivity contribution in [3.8, 4) is 0 Å². The summed E-state index contributed by atoms with van der Waals surface area (Å²) in [5.41, 5.74) is -2.53. The van der Waals surface area contributed by atoms with E-state index >= 15 is 0 Å². The Morgan fingerprint density at radius 3 is 2.52 bits per heavy atom. The van der Waals surface area contributed by atoms with Gasteiger partial charge in [0, 0.05) is 6.54 Å². The Bertz CT molecular complexity index is 612. The summed E-state index contributed by atoms with van der Waals surface area (Å²) in [5.74, 6) is -1.07. The van der Waals surface area contributed by atoms with Gasteiger partial charge in [-0.25, -0.2) is 9.59 Å². The van der Waals surface area contributed by atoms with Crippen LogP contribution in [0.25, 0.3) is 0 Å². The van der Waals surface area contributed by atoms with Gasteiger partial charge in [0.05, 0.1) is 0 Å². The summed E-state index contributed by atoms with van der Waals surface area (Å²) in [6.45, 7) is 5.05. The number of aliphatic hydroxyl groups is 2. The smallest absolute Gasteiger partial charge is 0.413 e. The number of likely N-dealkylation sites (tertiary alicyclic amines) is 1. The monoisotopic (exact) mass is 351 g/mol. The fraction of sp³-hybridized carbons (Fsp3) is 0.556. The number of ether oxygens (including phenoxy) is 2. The van der Waals surface area contributed by atoms with E-state index in [1.165, 1.54) is 0 Å². The molecular formula is C18H25NO6. The van der Waals surface area contributed by atoms with Gasteiger partial charge in [-0.3, -0.25) is 4.90 Å². The molecule has 7 nitrogen and oxygen atoms in total. The fourth-order valence-corrected chi connectivity index (χ4v) is 2.62. The first-order valence-electron chi connectivity index (χ1n) is 8.27. The van der Waals surface area contributed by atoms with Gasteiger partial charge in [-0.05, 0) is 39.2 Å². The number of benzene rings is 1. The molecule has 2 N–H and O–H groups in total. The second kappa shape index (κ2) is 7.41. The van der Waals surface area contributed by atoms with Gasteiger partial charge in [0.1, 0.15) is 18.3 Å². The SMILES string of the molecule is CC(C)(C)OC(=O)N1CCCC(O)C1(O)C(=O)OCc1ccccc1. The lowest BCUT2D eigenvalue weighted by Gasteiger charge is -2.43. The molecule has 2 atom stereocenters. The molecule has 1 amide bonds. The van der Waals surface area contributed by atoms with Crippen molar-refractivity contribution in [2.45, 2.75) is 57.6 Å². The average molecular weight is 351 g/mol. The largest absolute Gasteiger partial charge is 0.457 e. The molecule has 1 fully saturated rings. The normalized spacial score (nSPS) is 23.9. The third-order valence-electron chi connectivity index (χ3n) is 3.86. The molecule has 0 saturated carbocycles. The molecule has 1 aliphatic rings. The number of hydrogen-bond acceptors (Lipinski definition) is 6. The molecule has 0 spiro atoms. The topological polar surface area (TPSA) is 96.3 Å². The first kappa shape index (κ1) is 19.2. The number of esters is 1. The molecular weight excluding hydrogens is 326 g/mol. The minimum Gasteiger partial charge on any atom is -0.457 e. The molecule has 0 aliphatic carbocycles. The number of amides is 1. The highest BCUT2D eigenvalue weighted by molar-refractivity contribution is 5.85. The Morgan fingerprint density at radius 1 is 1.28 bits per heavy atom. The number of carbonyl (C=O) groups is 2. The molecule has 0 aromatic heterocycles. The summed E-state index contributed by atoms with van der Waals surface area (Å²) in [7, 11) is 0. The second-order valence-electron chi connectivity index (χ2n) is 7.08. The molecule has 7 heteroatoms. The summed E-state index contributed by atoms with van der Waals surface area (Å²) < 4.78 is 10.4. The standard InChI is InChI=1S/C18H25NO6/c1-17(2,3)25-16(22)19-11-7-10-14(20)18(19,23)15(21)24-12-13-8-5-4-6-9-13/h4-6,8-9,14,20,23H,7,10-12H2,1-3H3. The first-order chi connectivity index (χ1) is 11.6. The van der Waals surface area contributed by atoms with E-state index in [2.05, 4.69) is 0 Å². The van der Waals surface area contributed by atoms with E-state index in [0.29, 0.717) is 6.42 Å². The molecule has 1 heterocycles. The zero-order valence-corrected chi connectivity index (χ0v) is 14.8. The number of hydrogen-bond donors (Lipinski definition) is 2. The molecule has 0 radical (unpaired) electrons. The summed E-state index contributed by atoms with van der Waals surface area (Å²) in [6, 6.07) is 8.94. The zero-order chi connectivity index (χ0) is 18.7. The highest BCUT2D eigenvalue weighted by atomic mass is 16.6. The van der Waals surface area contributed by atoms with Crippen LogP contribution in [0, 0.1) is 0 Å². The van der Waals surface area contributed by atoms with Gasteiger partial charge in [-0.1, -0.05) is 30.3 Å². The maximum absolute atomic E-state index is 12.5. The van der Waals surface area contributed by atoms with Crippen molar-refractivity contribution in [3.05, 3.63) is 35.9 Å². The zero-order valence-electron chi connectivity index (χ0n) is 14.8. The Morgan fingerprint density at radius 2 is 1.92 bits per heavy atom. The fourth-order valence-electron chi connectivity index (χ4n) is 2.62. The van der Waals surface area contributed by atoms with Crippen molar-refractivity contribution in [1.82, 2.24) is 4.90 Å². The number of carbonyl (C=O) groups excluding carboxylic acids is 2. The molecule has 25 heavy (non-hydrogen) atoms. The molecule has 0 bridgehead atoms. The highest BCUT2D eigenvalue weighted by Gasteiger charge is 2.55. The Labute approximate surface area is 147 Å². The van der Waals surface area contributed by atoms with E-state index in [9.17, 15) is 19.8 Å². The van der Waals surface area contributed by atoms with Crippen LogP contribution in [0.15, 0.2) is 30.3 Å². The Hall–Kier alpha value is -2.12. The van der Waals surface area contributed by atoms with Crippen LogP contribution in [0.1, 0.15) is 39.2 Å². The van der Waals surface area contributed by atoms with Crippen molar-refractivity contribution >= 4 is 12.1 Å². The van der Waals surface area contributed by atoms with Gasteiger partial charge in [0.2, 0.25) is 0 Å². The van der Waals surface area contributed by atoms with E-state index in [0.717, 1.165) is 10.5 Å². The van der Waals surface area contributed by atoms with Gasteiger partial charge < -0.3 is 19.7 Å².